The zero-order valence-electron chi connectivity index (χ0n) is 14.3. The van der Waals surface area contributed by atoms with Crippen LogP contribution in [0.3, 0.4) is 0 Å². The molecule has 0 unspecified atom stereocenters. The van der Waals surface area contributed by atoms with Crippen LogP contribution in [0.5, 0.6) is 0 Å². The summed E-state index contributed by atoms with van der Waals surface area (Å²) in [5, 5.41) is 7.29. The molecule has 1 aromatic heterocycles. The lowest BCUT2D eigenvalue weighted by atomic mass is 9.96. The summed E-state index contributed by atoms with van der Waals surface area (Å²) in [5.41, 5.74) is 2.29. The van der Waals surface area contributed by atoms with Crippen LogP contribution in [0, 0.1) is 11.7 Å². The molecule has 0 spiro atoms. The van der Waals surface area contributed by atoms with E-state index in [0.29, 0.717) is 11.2 Å². The fourth-order valence-corrected chi connectivity index (χ4v) is 3.62. The summed E-state index contributed by atoms with van der Waals surface area (Å²) in [6, 6.07) is 8.19. The Morgan fingerprint density at radius 3 is 2.83 bits per heavy atom. The third-order valence-electron chi connectivity index (χ3n) is 4.72. The van der Waals surface area contributed by atoms with Crippen LogP contribution in [0.2, 0.25) is 0 Å². The molecule has 1 fully saturated rings. The average molecular weight is 344 g/mol. The fraction of sp³-hybridized carbons (Fsp3) is 0.500. The SMILES string of the molecule is CCn1c([C@@H]2CCCN(C(=O)Cc3ccc(C)cc3)C2)n[nH]c1=S. The van der Waals surface area contributed by atoms with Gasteiger partial charge in [-0.1, -0.05) is 29.8 Å². The standard InChI is InChI=1S/C18H24N4OS/c1-3-22-17(19-20-18(22)24)15-5-4-10-21(12-15)16(23)11-14-8-6-13(2)7-9-14/h6-9,15H,3-5,10-12H2,1-2H3,(H,20,24)/t15-/m1/s1. The Bertz CT molecular complexity index is 762. The van der Waals surface area contributed by atoms with Crippen LogP contribution in [0.15, 0.2) is 24.3 Å². The van der Waals surface area contributed by atoms with Crippen LogP contribution in [0.1, 0.15) is 42.6 Å². The number of rotatable bonds is 4. The highest BCUT2D eigenvalue weighted by Crippen LogP contribution is 2.26. The van der Waals surface area contributed by atoms with Gasteiger partial charge in [0.25, 0.3) is 0 Å². The summed E-state index contributed by atoms with van der Waals surface area (Å²) < 4.78 is 2.70. The molecule has 1 N–H and O–H groups in total. The van der Waals surface area contributed by atoms with E-state index < -0.39 is 0 Å². The number of carbonyl (C=O) groups excluding carboxylic acids is 1. The highest BCUT2D eigenvalue weighted by molar-refractivity contribution is 7.71. The maximum absolute atomic E-state index is 12.7. The van der Waals surface area contributed by atoms with Gasteiger partial charge in [-0.15, -0.1) is 0 Å². The van der Waals surface area contributed by atoms with Crippen molar-refractivity contribution in [2.24, 2.45) is 0 Å². The highest BCUT2D eigenvalue weighted by Gasteiger charge is 2.27. The van der Waals surface area contributed by atoms with Crippen LogP contribution in [-0.4, -0.2) is 38.7 Å². The largest absolute Gasteiger partial charge is 0.342 e. The number of hydrogen-bond acceptors (Lipinski definition) is 3. The minimum atomic E-state index is 0.195. The molecular weight excluding hydrogens is 320 g/mol. The number of piperidine rings is 1. The summed E-state index contributed by atoms with van der Waals surface area (Å²) in [6.07, 6.45) is 2.52. The second kappa shape index (κ2) is 7.30. The maximum Gasteiger partial charge on any atom is 0.227 e. The number of nitrogens with one attached hydrogen (secondary N) is 1. The summed E-state index contributed by atoms with van der Waals surface area (Å²) in [5.74, 6) is 1.43. The first-order chi connectivity index (χ1) is 11.6. The number of hydrogen-bond donors (Lipinski definition) is 1. The first-order valence-corrected chi connectivity index (χ1v) is 8.97. The molecule has 6 heteroatoms. The van der Waals surface area contributed by atoms with Crippen molar-refractivity contribution in [3.63, 3.8) is 0 Å². The molecule has 1 aliphatic heterocycles. The molecule has 0 radical (unpaired) electrons. The van der Waals surface area contributed by atoms with E-state index in [1.54, 1.807) is 0 Å². The molecular formula is C18H24N4OS. The van der Waals surface area contributed by atoms with Gasteiger partial charge in [0.1, 0.15) is 5.82 Å². The van der Waals surface area contributed by atoms with Gasteiger partial charge in [-0.25, -0.2) is 0 Å². The normalized spacial score (nSPS) is 17.9. The maximum atomic E-state index is 12.7. The molecule has 1 aromatic carbocycles. The quantitative estimate of drug-likeness (QED) is 0.867. The number of H-pyrrole nitrogens is 1. The minimum absolute atomic E-state index is 0.195. The van der Waals surface area contributed by atoms with Crippen molar-refractivity contribution in [3.05, 3.63) is 46.0 Å². The van der Waals surface area contributed by atoms with Crippen LogP contribution < -0.4 is 0 Å². The molecule has 1 saturated heterocycles. The summed E-state index contributed by atoms with van der Waals surface area (Å²) in [6.45, 7) is 6.49. The molecule has 24 heavy (non-hydrogen) atoms. The summed E-state index contributed by atoms with van der Waals surface area (Å²) >= 11 is 5.28. The molecule has 1 atom stereocenters. The van der Waals surface area contributed by atoms with Gasteiger partial charge in [0, 0.05) is 25.6 Å². The van der Waals surface area contributed by atoms with E-state index >= 15 is 0 Å². The van der Waals surface area contributed by atoms with Crippen molar-refractivity contribution in [2.75, 3.05) is 13.1 Å². The van der Waals surface area contributed by atoms with E-state index in [1.165, 1.54) is 5.56 Å². The van der Waals surface area contributed by atoms with Crippen molar-refractivity contribution in [1.82, 2.24) is 19.7 Å². The molecule has 3 rings (SSSR count). The van der Waals surface area contributed by atoms with Crippen LogP contribution in [0.4, 0.5) is 0 Å². The van der Waals surface area contributed by atoms with Crippen LogP contribution in [-0.2, 0) is 17.8 Å². The Morgan fingerprint density at radius 1 is 1.38 bits per heavy atom. The van der Waals surface area contributed by atoms with Gasteiger partial charge < -0.3 is 9.47 Å². The number of amides is 1. The Morgan fingerprint density at radius 2 is 2.12 bits per heavy atom. The van der Waals surface area contributed by atoms with Crippen molar-refractivity contribution in [2.45, 2.75) is 45.6 Å². The number of likely N-dealkylation sites (tertiary alicyclic amines) is 1. The predicted octanol–water partition coefficient (Wildman–Crippen LogP) is 3.22. The first-order valence-electron chi connectivity index (χ1n) is 8.57. The van der Waals surface area contributed by atoms with E-state index in [1.807, 2.05) is 21.6 Å². The summed E-state index contributed by atoms with van der Waals surface area (Å²) in [4.78, 5) is 14.6. The Kier molecular flexibility index (Phi) is 5.14. The number of aromatic amines is 1. The first kappa shape index (κ1) is 16.9. The van der Waals surface area contributed by atoms with Crippen molar-refractivity contribution in [3.8, 4) is 0 Å². The number of benzene rings is 1. The molecule has 0 bridgehead atoms. The minimum Gasteiger partial charge on any atom is -0.342 e. The van der Waals surface area contributed by atoms with Crippen LogP contribution >= 0.6 is 12.2 Å². The molecule has 128 valence electrons. The molecule has 2 heterocycles. The monoisotopic (exact) mass is 344 g/mol. The van der Waals surface area contributed by atoms with Gasteiger partial charge in [-0.2, -0.15) is 5.10 Å². The Hall–Kier alpha value is -1.95. The molecule has 2 aromatic rings. The van der Waals surface area contributed by atoms with E-state index in [-0.39, 0.29) is 11.8 Å². The van der Waals surface area contributed by atoms with E-state index in [4.69, 9.17) is 12.2 Å². The van der Waals surface area contributed by atoms with Crippen molar-refractivity contribution in [1.29, 1.82) is 0 Å². The topological polar surface area (TPSA) is 53.9 Å². The molecule has 0 aliphatic carbocycles. The van der Waals surface area contributed by atoms with Gasteiger partial charge >= 0.3 is 0 Å². The van der Waals surface area contributed by atoms with Crippen molar-refractivity contribution >= 4 is 18.1 Å². The number of nitrogens with zero attached hydrogens (tertiary/aromatic N) is 3. The Balaban J connectivity index is 1.69. The second-order valence-electron chi connectivity index (χ2n) is 6.47. The third-order valence-corrected chi connectivity index (χ3v) is 5.03. The average Bonchev–Trinajstić information content (AvgIpc) is 2.97. The number of aromatic nitrogens is 3. The Labute approximate surface area is 147 Å². The van der Waals surface area contributed by atoms with Gasteiger partial charge in [0.15, 0.2) is 4.77 Å². The number of aryl methyl sites for hydroxylation is 1. The van der Waals surface area contributed by atoms with E-state index in [0.717, 1.165) is 43.9 Å². The second-order valence-corrected chi connectivity index (χ2v) is 6.86. The molecule has 0 saturated carbocycles. The van der Waals surface area contributed by atoms with Gasteiger partial charge in [-0.3, -0.25) is 9.89 Å². The van der Waals surface area contributed by atoms with Gasteiger partial charge in [0.05, 0.1) is 6.42 Å². The predicted molar refractivity (Wildman–Crippen MR) is 96.5 cm³/mol. The van der Waals surface area contributed by atoms with E-state index in [9.17, 15) is 4.79 Å². The van der Waals surface area contributed by atoms with Gasteiger partial charge in [-0.05, 0) is 44.5 Å². The molecule has 5 nitrogen and oxygen atoms in total. The lowest BCUT2D eigenvalue weighted by Gasteiger charge is -2.32. The zero-order valence-corrected chi connectivity index (χ0v) is 15.1. The van der Waals surface area contributed by atoms with Gasteiger partial charge in [0.2, 0.25) is 5.91 Å². The van der Waals surface area contributed by atoms with Crippen molar-refractivity contribution < 1.29 is 4.79 Å². The smallest absolute Gasteiger partial charge is 0.227 e. The number of carbonyl (C=O) groups is 1. The van der Waals surface area contributed by atoms with E-state index in [2.05, 4.69) is 36.2 Å². The third kappa shape index (κ3) is 3.59. The zero-order chi connectivity index (χ0) is 17.1. The lowest BCUT2D eigenvalue weighted by Crippen LogP contribution is -2.40. The lowest BCUT2D eigenvalue weighted by molar-refractivity contribution is -0.131. The molecule has 1 aliphatic rings. The highest BCUT2D eigenvalue weighted by atomic mass is 32.1. The fourth-order valence-electron chi connectivity index (χ4n) is 3.35. The molecule has 1 amide bonds. The summed E-state index contributed by atoms with van der Waals surface area (Å²) in [7, 11) is 0. The van der Waals surface area contributed by atoms with Crippen LogP contribution in [0.25, 0.3) is 0 Å².